The molecule has 0 atom stereocenters. The first kappa shape index (κ1) is 20.6. The van der Waals surface area contributed by atoms with E-state index < -0.39 is 0 Å². The molecule has 2 N–H and O–H groups in total. The molecule has 5 nitrogen and oxygen atoms in total. The fourth-order valence-electron chi connectivity index (χ4n) is 3.59. The van der Waals surface area contributed by atoms with E-state index in [9.17, 15) is 0 Å². The Kier molecular flexibility index (Phi) is 6.24. The molecule has 4 aromatic rings. The second-order valence-electron chi connectivity index (χ2n) is 7.33. The van der Waals surface area contributed by atoms with Crippen LogP contribution in [0.1, 0.15) is 22.5 Å². The Labute approximate surface area is 182 Å². The molecule has 1 aromatic heterocycles. The second kappa shape index (κ2) is 9.41. The fourth-order valence-corrected chi connectivity index (χ4v) is 3.59. The zero-order valence-corrected chi connectivity index (χ0v) is 17.7. The van der Waals surface area contributed by atoms with Gasteiger partial charge in [0.15, 0.2) is 0 Å². The van der Waals surface area contributed by atoms with Gasteiger partial charge in [0.05, 0.1) is 24.2 Å². The van der Waals surface area contributed by atoms with Gasteiger partial charge in [0.2, 0.25) is 0 Å². The van der Waals surface area contributed by atoms with Gasteiger partial charge in [0, 0.05) is 12.8 Å². The van der Waals surface area contributed by atoms with Crippen molar-refractivity contribution in [3.63, 3.8) is 0 Å². The number of nitrogens with zero attached hydrogens (tertiary/aromatic N) is 3. The van der Waals surface area contributed by atoms with Crippen molar-refractivity contribution in [2.24, 2.45) is 5.73 Å². The number of ether oxygens (including phenoxy) is 1. The normalized spacial score (nSPS) is 10.8. The molecule has 3 aromatic carbocycles. The minimum Gasteiger partial charge on any atom is -0.497 e. The van der Waals surface area contributed by atoms with Crippen LogP contribution in [0, 0.1) is 0 Å². The van der Waals surface area contributed by atoms with Crippen LogP contribution < -0.4 is 10.5 Å². The van der Waals surface area contributed by atoms with Crippen LogP contribution in [0.5, 0.6) is 5.75 Å². The lowest BCUT2D eigenvalue weighted by Gasteiger charge is -2.10. The van der Waals surface area contributed by atoms with Gasteiger partial charge in [-0.25, -0.2) is 4.68 Å². The van der Waals surface area contributed by atoms with Crippen molar-refractivity contribution < 1.29 is 4.74 Å². The number of benzene rings is 3. The van der Waals surface area contributed by atoms with Crippen LogP contribution in [-0.4, -0.2) is 28.6 Å². The van der Waals surface area contributed by atoms with E-state index in [1.165, 1.54) is 11.1 Å². The predicted molar refractivity (Wildman–Crippen MR) is 125 cm³/mol. The summed E-state index contributed by atoms with van der Waals surface area (Å²) in [6, 6.07) is 24.8. The van der Waals surface area contributed by atoms with Crippen molar-refractivity contribution in [1.82, 2.24) is 15.0 Å². The monoisotopic (exact) mass is 410 g/mol. The molecule has 31 heavy (non-hydrogen) atoms. The first-order valence-electron chi connectivity index (χ1n) is 10.3. The highest BCUT2D eigenvalue weighted by atomic mass is 16.5. The molecule has 0 aliphatic rings. The second-order valence-corrected chi connectivity index (χ2v) is 7.33. The highest BCUT2D eigenvalue weighted by Crippen LogP contribution is 2.24. The van der Waals surface area contributed by atoms with Crippen molar-refractivity contribution >= 4 is 6.08 Å². The highest BCUT2D eigenvalue weighted by molar-refractivity contribution is 5.64. The topological polar surface area (TPSA) is 66.0 Å². The summed E-state index contributed by atoms with van der Waals surface area (Å²) in [7, 11) is 1.68. The van der Waals surface area contributed by atoms with Gasteiger partial charge in [-0.05, 0) is 53.1 Å². The van der Waals surface area contributed by atoms with Crippen LogP contribution in [0.3, 0.4) is 0 Å². The summed E-state index contributed by atoms with van der Waals surface area (Å²) < 4.78 is 7.16. The molecule has 0 amide bonds. The van der Waals surface area contributed by atoms with Gasteiger partial charge < -0.3 is 10.5 Å². The number of nitrogens with two attached hydrogens (primary N) is 1. The van der Waals surface area contributed by atoms with Crippen LogP contribution >= 0.6 is 0 Å². The Morgan fingerprint density at radius 2 is 1.58 bits per heavy atom. The van der Waals surface area contributed by atoms with Gasteiger partial charge in [-0.3, -0.25) is 0 Å². The van der Waals surface area contributed by atoms with Gasteiger partial charge in [-0.2, -0.15) is 0 Å². The number of hydrogen-bond acceptors (Lipinski definition) is 4. The van der Waals surface area contributed by atoms with Crippen molar-refractivity contribution in [3.8, 4) is 22.6 Å². The maximum atomic E-state index is 5.82. The van der Waals surface area contributed by atoms with E-state index in [4.69, 9.17) is 10.5 Å². The number of hydrogen-bond donors (Lipinski definition) is 1. The summed E-state index contributed by atoms with van der Waals surface area (Å²) in [5.74, 6) is 0.856. The van der Waals surface area contributed by atoms with E-state index in [1.807, 2.05) is 47.2 Å². The zero-order valence-electron chi connectivity index (χ0n) is 17.7. The number of methoxy groups -OCH3 is 1. The first-order chi connectivity index (χ1) is 15.2. The quantitative estimate of drug-likeness (QED) is 0.458. The van der Waals surface area contributed by atoms with Crippen LogP contribution in [0.25, 0.3) is 22.9 Å². The summed E-state index contributed by atoms with van der Waals surface area (Å²) in [4.78, 5) is 0. The van der Waals surface area contributed by atoms with Crippen molar-refractivity contribution in [3.05, 3.63) is 102 Å². The van der Waals surface area contributed by atoms with E-state index in [2.05, 4.69) is 53.3 Å². The van der Waals surface area contributed by atoms with E-state index in [-0.39, 0.29) is 0 Å². The summed E-state index contributed by atoms with van der Waals surface area (Å²) in [6.07, 6.45) is 3.26. The molecule has 0 spiro atoms. The summed E-state index contributed by atoms with van der Waals surface area (Å²) in [5, 5.41) is 8.81. The molecule has 156 valence electrons. The Morgan fingerprint density at radius 1 is 0.935 bits per heavy atom. The molecular formula is C26H26N4O. The molecule has 0 saturated heterocycles. The predicted octanol–water partition coefficient (Wildman–Crippen LogP) is 4.68. The maximum Gasteiger partial charge on any atom is 0.118 e. The molecule has 0 saturated carbocycles. The average Bonchev–Trinajstić information content (AvgIpc) is 3.22. The van der Waals surface area contributed by atoms with Crippen LogP contribution in [0.15, 0.2) is 79.4 Å². The molecule has 5 heteroatoms. The minimum atomic E-state index is 0.539. The molecule has 0 fully saturated rings. The zero-order chi connectivity index (χ0) is 21.6. The minimum absolute atomic E-state index is 0.539. The lowest BCUT2D eigenvalue weighted by Crippen LogP contribution is -2.08. The molecule has 0 unspecified atom stereocenters. The smallest absolute Gasteiger partial charge is 0.118 e. The largest absolute Gasteiger partial charge is 0.497 e. The van der Waals surface area contributed by atoms with E-state index in [0.29, 0.717) is 13.0 Å². The average molecular weight is 411 g/mol. The Balaban J connectivity index is 1.61. The van der Waals surface area contributed by atoms with E-state index >= 15 is 0 Å². The number of aromatic nitrogens is 3. The SMILES string of the molecule is C=Cc1ccc(-n2nnc(CCN)c2Cc2ccc(-c3ccc(OC)cc3)cc2)cc1. The summed E-state index contributed by atoms with van der Waals surface area (Å²) in [5.41, 5.74) is 13.4. The Hall–Kier alpha value is -3.70. The van der Waals surface area contributed by atoms with Crippen LogP contribution in [0.4, 0.5) is 0 Å². The lowest BCUT2D eigenvalue weighted by atomic mass is 10.0. The maximum absolute atomic E-state index is 5.82. The molecular weight excluding hydrogens is 384 g/mol. The molecule has 0 bridgehead atoms. The van der Waals surface area contributed by atoms with Gasteiger partial charge in [-0.1, -0.05) is 66.4 Å². The molecule has 0 radical (unpaired) electrons. The Bertz CT molecular complexity index is 1140. The summed E-state index contributed by atoms with van der Waals surface area (Å²) in [6.45, 7) is 4.36. The molecule has 4 rings (SSSR count). The van der Waals surface area contributed by atoms with Gasteiger partial charge in [-0.15, -0.1) is 5.10 Å². The molecule has 1 heterocycles. The van der Waals surface area contributed by atoms with Gasteiger partial charge in [0.25, 0.3) is 0 Å². The third-order valence-corrected chi connectivity index (χ3v) is 5.35. The lowest BCUT2D eigenvalue weighted by molar-refractivity contribution is 0.415. The standard InChI is InChI=1S/C26H26N4O/c1-3-19-6-12-23(13-7-19)30-26(25(16-17-27)28-29-30)18-20-4-8-21(9-5-20)22-10-14-24(31-2)15-11-22/h3-15H,1,16-18,27H2,2H3. The third-order valence-electron chi connectivity index (χ3n) is 5.35. The van der Waals surface area contributed by atoms with Crippen molar-refractivity contribution in [2.45, 2.75) is 12.8 Å². The third kappa shape index (κ3) is 4.57. The fraction of sp³-hybridized carbons (Fsp3) is 0.154. The molecule has 0 aliphatic heterocycles. The first-order valence-corrected chi connectivity index (χ1v) is 10.3. The van der Waals surface area contributed by atoms with E-state index in [1.54, 1.807) is 7.11 Å². The summed E-state index contributed by atoms with van der Waals surface area (Å²) >= 11 is 0. The molecule has 0 aliphatic carbocycles. The van der Waals surface area contributed by atoms with Gasteiger partial charge >= 0.3 is 0 Å². The van der Waals surface area contributed by atoms with Crippen molar-refractivity contribution in [1.29, 1.82) is 0 Å². The van der Waals surface area contributed by atoms with Crippen LogP contribution in [0.2, 0.25) is 0 Å². The van der Waals surface area contributed by atoms with Crippen LogP contribution in [-0.2, 0) is 12.8 Å². The van der Waals surface area contributed by atoms with E-state index in [0.717, 1.165) is 40.4 Å². The Morgan fingerprint density at radius 3 is 2.16 bits per heavy atom. The highest BCUT2D eigenvalue weighted by Gasteiger charge is 2.14. The number of rotatable bonds is 8. The van der Waals surface area contributed by atoms with Gasteiger partial charge in [0.1, 0.15) is 5.75 Å². The van der Waals surface area contributed by atoms with Crippen molar-refractivity contribution in [2.75, 3.05) is 13.7 Å².